The van der Waals surface area contributed by atoms with Crippen molar-refractivity contribution in [3.63, 3.8) is 0 Å². The zero-order valence-corrected chi connectivity index (χ0v) is 14.5. The van der Waals surface area contributed by atoms with E-state index in [1.54, 1.807) is 30.3 Å². The lowest BCUT2D eigenvalue weighted by Crippen LogP contribution is -2.16. The molecule has 0 heterocycles. The predicted molar refractivity (Wildman–Crippen MR) is 104 cm³/mol. The second-order valence-corrected chi connectivity index (χ2v) is 5.32. The second kappa shape index (κ2) is 9.13. The van der Waals surface area contributed by atoms with E-state index in [2.05, 4.69) is 11.6 Å². The summed E-state index contributed by atoms with van der Waals surface area (Å²) in [5.74, 6) is -0.457. The standard InChI is InChI=1S/C21H20N2O3/c1-3-8-18(20(22)26-17-9-6-5-7-10-17)19(4-2)23-16-13-11-15(12-14-16)21(24)25/h4-14,22H,2-3H2,1H3,(H,24,25)/b18-8+,22-20?,23-19?. The number of aliphatic imine (C=N–C) groups is 1. The Morgan fingerprint density at radius 3 is 2.38 bits per heavy atom. The summed E-state index contributed by atoms with van der Waals surface area (Å²) in [5, 5.41) is 17.2. The molecule has 2 rings (SSSR count). The minimum atomic E-state index is -0.992. The van der Waals surface area contributed by atoms with Crippen LogP contribution in [0.5, 0.6) is 5.75 Å². The highest BCUT2D eigenvalue weighted by atomic mass is 16.5. The molecule has 0 aliphatic rings. The Bertz CT molecular complexity index is 851. The molecular weight excluding hydrogens is 328 g/mol. The molecule has 0 saturated carbocycles. The van der Waals surface area contributed by atoms with Crippen molar-refractivity contribution in [1.29, 1.82) is 5.41 Å². The molecule has 0 fully saturated rings. The zero-order chi connectivity index (χ0) is 18.9. The molecule has 0 spiro atoms. The van der Waals surface area contributed by atoms with Gasteiger partial charge in [-0.15, -0.1) is 0 Å². The highest BCUT2D eigenvalue weighted by Gasteiger charge is 2.13. The molecule has 5 nitrogen and oxygen atoms in total. The molecule has 0 aliphatic carbocycles. The van der Waals surface area contributed by atoms with Gasteiger partial charge in [-0.2, -0.15) is 0 Å². The fraction of sp³-hybridized carbons (Fsp3) is 0.0952. The van der Waals surface area contributed by atoms with Crippen LogP contribution in [0.1, 0.15) is 23.7 Å². The monoisotopic (exact) mass is 348 g/mol. The maximum absolute atomic E-state index is 10.9. The molecule has 0 aliphatic heterocycles. The Balaban J connectivity index is 2.30. The number of nitrogens with one attached hydrogen (secondary N) is 1. The first-order valence-corrected chi connectivity index (χ1v) is 8.12. The van der Waals surface area contributed by atoms with Crippen LogP contribution in [0, 0.1) is 5.41 Å². The molecule has 26 heavy (non-hydrogen) atoms. The molecule has 0 radical (unpaired) electrons. The van der Waals surface area contributed by atoms with Gasteiger partial charge < -0.3 is 9.84 Å². The van der Waals surface area contributed by atoms with Gasteiger partial charge in [0.2, 0.25) is 5.90 Å². The summed E-state index contributed by atoms with van der Waals surface area (Å²) in [5.41, 5.74) is 1.76. The number of carboxylic acid groups (broad SMARTS) is 1. The van der Waals surface area contributed by atoms with Gasteiger partial charge in [-0.3, -0.25) is 5.41 Å². The number of rotatable bonds is 7. The van der Waals surface area contributed by atoms with Crippen LogP contribution < -0.4 is 4.74 Å². The van der Waals surface area contributed by atoms with Crippen LogP contribution in [0.25, 0.3) is 0 Å². The largest absolute Gasteiger partial charge is 0.478 e. The van der Waals surface area contributed by atoms with E-state index < -0.39 is 5.97 Å². The quantitative estimate of drug-likeness (QED) is 0.543. The summed E-state index contributed by atoms with van der Waals surface area (Å²) in [4.78, 5) is 15.4. The third kappa shape index (κ3) is 5.01. The lowest BCUT2D eigenvalue weighted by atomic mass is 10.1. The van der Waals surface area contributed by atoms with Gasteiger partial charge in [-0.1, -0.05) is 37.8 Å². The van der Waals surface area contributed by atoms with Crippen LogP contribution in [0.4, 0.5) is 5.69 Å². The normalized spacial score (nSPS) is 11.7. The number of aromatic carboxylic acids is 1. The zero-order valence-electron chi connectivity index (χ0n) is 14.5. The smallest absolute Gasteiger partial charge is 0.335 e. The van der Waals surface area contributed by atoms with Crippen LogP contribution in [-0.2, 0) is 0 Å². The lowest BCUT2D eigenvalue weighted by Gasteiger charge is -2.11. The first-order chi connectivity index (χ1) is 12.5. The van der Waals surface area contributed by atoms with Gasteiger partial charge in [0.1, 0.15) is 5.75 Å². The van der Waals surface area contributed by atoms with Crippen molar-refractivity contribution in [1.82, 2.24) is 0 Å². The molecule has 0 bridgehead atoms. The fourth-order valence-electron chi connectivity index (χ4n) is 2.21. The summed E-state index contributed by atoms with van der Waals surface area (Å²) in [6, 6.07) is 15.3. The van der Waals surface area contributed by atoms with Gasteiger partial charge in [0, 0.05) is 0 Å². The van der Waals surface area contributed by atoms with Crippen molar-refractivity contribution in [3.8, 4) is 5.75 Å². The van der Waals surface area contributed by atoms with E-state index in [0.717, 1.165) is 0 Å². The minimum Gasteiger partial charge on any atom is -0.478 e. The number of para-hydroxylation sites is 1. The summed E-state index contributed by atoms with van der Waals surface area (Å²) in [6.07, 6.45) is 4.09. The highest BCUT2D eigenvalue weighted by Crippen LogP contribution is 2.18. The number of carbonyl (C=O) groups is 1. The Hall–Kier alpha value is -3.47. The molecule has 2 aromatic rings. The maximum atomic E-state index is 10.9. The van der Waals surface area contributed by atoms with E-state index in [1.807, 2.05) is 31.2 Å². The van der Waals surface area contributed by atoms with Gasteiger partial charge >= 0.3 is 5.97 Å². The van der Waals surface area contributed by atoms with Crippen molar-refractivity contribution in [2.24, 2.45) is 4.99 Å². The van der Waals surface area contributed by atoms with Crippen LogP contribution in [-0.4, -0.2) is 22.7 Å². The van der Waals surface area contributed by atoms with E-state index in [9.17, 15) is 4.79 Å². The van der Waals surface area contributed by atoms with Crippen molar-refractivity contribution < 1.29 is 14.6 Å². The van der Waals surface area contributed by atoms with E-state index >= 15 is 0 Å². The topological polar surface area (TPSA) is 82.7 Å². The summed E-state index contributed by atoms with van der Waals surface area (Å²) < 4.78 is 5.61. The summed E-state index contributed by atoms with van der Waals surface area (Å²) in [7, 11) is 0. The Morgan fingerprint density at radius 1 is 1.19 bits per heavy atom. The van der Waals surface area contributed by atoms with Crippen LogP contribution in [0.3, 0.4) is 0 Å². The third-order valence-corrected chi connectivity index (χ3v) is 3.45. The lowest BCUT2D eigenvalue weighted by molar-refractivity contribution is 0.0697. The number of allylic oxidation sites excluding steroid dienone is 2. The van der Waals surface area contributed by atoms with Gasteiger partial charge in [0.25, 0.3) is 0 Å². The predicted octanol–water partition coefficient (Wildman–Crippen LogP) is 5.04. The van der Waals surface area contributed by atoms with Crippen molar-refractivity contribution in [2.75, 3.05) is 0 Å². The molecular formula is C21H20N2O3. The fourth-order valence-corrected chi connectivity index (χ4v) is 2.21. The Kier molecular flexibility index (Phi) is 6.62. The van der Waals surface area contributed by atoms with E-state index in [0.29, 0.717) is 29.1 Å². The van der Waals surface area contributed by atoms with E-state index in [4.69, 9.17) is 15.3 Å². The molecule has 0 saturated heterocycles. The maximum Gasteiger partial charge on any atom is 0.335 e. The summed E-state index contributed by atoms with van der Waals surface area (Å²) >= 11 is 0. The molecule has 0 aromatic heterocycles. The Morgan fingerprint density at radius 2 is 1.85 bits per heavy atom. The number of carboxylic acids is 1. The Labute approximate surface area is 152 Å². The van der Waals surface area contributed by atoms with Crippen LogP contribution in [0.2, 0.25) is 0 Å². The van der Waals surface area contributed by atoms with E-state index in [-0.39, 0.29) is 11.5 Å². The van der Waals surface area contributed by atoms with Crippen molar-refractivity contribution in [3.05, 3.63) is 84.5 Å². The molecule has 132 valence electrons. The molecule has 0 amide bonds. The summed E-state index contributed by atoms with van der Waals surface area (Å²) in [6.45, 7) is 5.73. The minimum absolute atomic E-state index is 0.0288. The number of hydrogen-bond donors (Lipinski definition) is 2. The first-order valence-electron chi connectivity index (χ1n) is 8.12. The highest BCUT2D eigenvalue weighted by molar-refractivity contribution is 6.25. The van der Waals surface area contributed by atoms with E-state index in [1.165, 1.54) is 12.1 Å². The SMILES string of the molecule is C=CC(=Nc1ccc(C(=O)O)cc1)/C(=C\CC)C(=N)Oc1ccccc1. The average molecular weight is 348 g/mol. The van der Waals surface area contributed by atoms with Gasteiger partial charge in [-0.25, -0.2) is 9.79 Å². The molecule has 5 heteroatoms. The number of hydrogen-bond acceptors (Lipinski definition) is 4. The van der Waals surface area contributed by atoms with Crippen LogP contribution in [0.15, 0.2) is 83.9 Å². The molecule has 0 atom stereocenters. The van der Waals surface area contributed by atoms with Gasteiger partial charge in [0.05, 0.1) is 22.5 Å². The number of benzene rings is 2. The molecule has 0 unspecified atom stereocenters. The van der Waals surface area contributed by atoms with Crippen LogP contribution >= 0.6 is 0 Å². The first kappa shape index (κ1) is 18.9. The van der Waals surface area contributed by atoms with Crippen molar-refractivity contribution >= 4 is 23.3 Å². The average Bonchev–Trinajstić information content (AvgIpc) is 2.65. The third-order valence-electron chi connectivity index (χ3n) is 3.45. The van der Waals surface area contributed by atoms with Gasteiger partial charge in [-0.05, 0) is 48.9 Å². The second-order valence-electron chi connectivity index (χ2n) is 5.32. The molecule has 2 aromatic carbocycles. The molecule has 2 N–H and O–H groups in total. The number of nitrogens with zero attached hydrogens (tertiary/aromatic N) is 1. The van der Waals surface area contributed by atoms with Gasteiger partial charge in [0.15, 0.2) is 0 Å². The van der Waals surface area contributed by atoms with Crippen molar-refractivity contribution in [2.45, 2.75) is 13.3 Å². The number of ether oxygens (including phenoxy) is 1.